The summed E-state index contributed by atoms with van der Waals surface area (Å²) < 4.78 is 0. The van der Waals surface area contributed by atoms with Crippen molar-refractivity contribution >= 4 is 17.2 Å². The van der Waals surface area contributed by atoms with Crippen molar-refractivity contribution in [2.45, 2.75) is 31.6 Å². The van der Waals surface area contributed by atoms with E-state index in [-0.39, 0.29) is 5.38 Å². The minimum atomic E-state index is 0.208. The molecule has 0 bridgehead atoms. The maximum atomic E-state index is 6.10. The van der Waals surface area contributed by atoms with Crippen LogP contribution >= 0.6 is 11.6 Å². The number of alkyl halides is 1. The van der Waals surface area contributed by atoms with Crippen molar-refractivity contribution in [2.24, 2.45) is 0 Å². The van der Waals surface area contributed by atoms with Crippen LogP contribution in [0.15, 0.2) is 24.5 Å². The Morgan fingerprint density at radius 1 is 1.43 bits per heavy atom. The van der Waals surface area contributed by atoms with Crippen LogP contribution < -0.4 is 0 Å². The number of allylic oxidation sites excluding steroid dienone is 2. The molecule has 1 atom stereocenters. The zero-order valence-electron chi connectivity index (χ0n) is 8.33. The van der Waals surface area contributed by atoms with Gasteiger partial charge in [0.1, 0.15) is 0 Å². The molecule has 1 aromatic heterocycles. The Kier molecular flexibility index (Phi) is 2.87. The molecule has 1 nitrogen and oxygen atoms in total. The molecule has 1 aliphatic rings. The summed E-state index contributed by atoms with van der Waals surface area (Å²) in [6, 6.07) is 2.17. The predicted molar refractivity (Wildman–Crippen MR) is 60.4 cm³/mol. The average Bonchev–Trinajstić information content (AvgIpc) is 2.18. The Hall–Kier alpha value is -0.820. The average molecular weight is 208 g/mol. The third-order valence-corrected chi connectivity index (χ3v) is 2.90. The van der Waals surface area contributed by atoms with Crippen LogP contribution in [0.1, 0.15) is 30.4 Å². The van der Waals surface area contributed by atoms with Gasteiger partial charge in [-0.1, -0.05) is 6.08 Å². The summed E-state index contributed by atoms with van der Waals surface area (Å²) in [5, 5.41) is 0.208. The van der Waals surface area contributed by atoms with Crippen molar-refractivity contribution in [1.82, 2.24) is 4.98 Å². The molecule has 0 N–H and O–H groups in total. The van der Waals surface area contributed by atoms with Gasteiger partial charge in [0, 0.05) is 12.4 Å². The Balaban J connectivity index is 2.30. The lowest BCUT2D eigenvalue weighted by atomic mass is 9.94. The van der Waals surface area contributed by atoms with Crippen molar-refractivity contribution < 1.29 is 0 Å². The largest absolute Gasteiger partial charge is 0.264 e. The van der Waals surface area contributed by atoms with Gasteiger partial charge in [0.05, 0.1) is 5.38 Å². The molecule has 0 saturated heterocycles. The molecule has 0 amide bonds. The summed E-state index contributed by atoms with van der Waals surface area (Å²) in [6.45, 7) is 2.07. The maximum Gasteiger partial charge on any atom is 0.0522 e. The van der Waals surface area contributed by atoms with E-state index in [2.05, 4.69) is 24.1 Å². The minimum absolute atomic E-state index is 0.208. The second kappa shape index (κ2) is 4.14. The third-order valence-electron chi connectivity index (χ3n) is 2.55. The Morgan fingerprint density at radius 3 is 3.00 bits per heavy atom. The molecule has 0 saturated carbocycles. The number of halogens is 1. The van der Waals surface area contributed by atoms with E-state index in [0.717, 1.165) is 12.8 Å². The molecule has 2 rings (SSSR count). The minimum Gasteiger partial charge on any atom is -0.264 e. The van der Waals surface area contributed by atoms with Gasteiger partial charge in [-0.15, -0.1) is 11.6 Å². The second-order valence-electron chi connectivity index (χ2n) is 3.85. The van der Waals surface area contributed by atoms with E-state index in [9.17, 15) is 0 Å². The van der Waals surface area contributed by atoms with Crippen LogP contribution in [0.3, 0.4) is 0 Å². The highest BCUT2D eigenvalue weighted by atomic mass is 35.5. The van der Waals surface area contributed by atoms with E-state index in [1.807, 2.05) is 12.4 Å². The lowest BCUT2D eigenvalue weighted by molar-refractivity contribution is 0.747. The first-order valence-electron chi connectivity index (χ1n) is 5.02. The lowest BCUT2D eigenvalue weighted by Crippen LogP contribution is -2.03. The molecule has 14 heavy (non-hydrogen) atoms. The van der Waals surface area contributed by atoms with Gasteiger partial charge in [-0.2, -0.15) is 0 Å². The number of aromatic nitrogens is 1. The molecule has 1 unspecified atom stereocenters. The molecule has 0 aliphatic heterocycles. The van der Waals surface area contributed by atoms with Gasteiger partial charge in [0.2, 0.25) is 0 Å². The van der Waals surface area contributed by atoms with Crippen LogP contribution in [-0.4, -0.2) is 10.4 Å². The lowest BCUT2D eigenvalue weighted by Gasteiger charge is -2.16. The fourth-order valence-electron chi connectivity index (χ4n) is 1.84. The highest BCUT2D eigenvalue weighted by Crippen LogP contribution is 2.28. The smallest absolute Gasteiger partial charge is 0.0522 e. The Labute approximate surface area is 89.8 Å². The van der Waals surface area contributed by atoms with Crippen LogP contribution in [0, 0.1) is 6.92 Å². The SMILES string of the molecule is Cc1cncc(C2=CC(Cl)CCC2)c1. The van der Waals surface area contributed by atoms with E-state index in [1.165, 1.54) is 23.1 Å². The monoisotopic (exact) mass is 207 g/mol. The van der Waals surface area contributed by atoms with Gasteiger partial charge in [-0.25, -0.2) is 0 Å². The molecular weight excluding hydrogens is 194 g/mol. The van der Waals surface area contributed by atoms with E-state index in [0.29, 0.717) is 0 Å². The normalized spacial score (nSPS) is 21.9. The van der Waals surface area contributed by atoms with Crippen molar-refractivity contribution in [3.63, 3.8) is 0 Å². The molecular formula is C12H14ClN. The number of pyridine rings is 1. The molecule has 0 spiro atoms. The number of aryl methyl sites for hydroxylation is 1. The van der Waals surface area contributed by atoms with E-state index in [1.54, 1.807) is 0 Å². The molecule has 0 fully saturated rings. The fraction of sp³-hybridized carbons (Fsp3) is 0.417. The van der Waals surface area contributed by atoms with Gasteiger partial charge in [0.25, 0.3) is 0 Å². The Morgan fingerprint density at radius 2 is 2.29 bits per heavy atom. The topological polar surface area (TPSA) is 12.9 Å². The fourth-order valence-corrected chi connectivity index (χ4v) is 2.15. The van der Waals surface area contributed by atoms with E-state index >= 15 is 0 Å². The maximum absolute atomic E-state index is 6.10. The zero-order valence-corrected chi connectivity index (χ0v) is 9.09. The quantitative estimate of drug-likeness (QED) is 0.642. The van der Waals surface area contributed by atoms with E-state index in [4.69, 9.17) is 11.6 Å². The number of nitrogens with zero attached hydrogens (tertiary/aromatic N) is 1. The van der Waals surface area contributed by atoms with Crippen LogP contribution in [0.25, 0.3) is 5.57 Å². The van der Waals surface area contributed by atoms with Crippen molar-refractivity contribution in [1.29, 1.82) is 0 Å². The van der Waals surface area contributed by atoms with Gasteiger partial charge < -0.3 is 0 Å². The summed E-state index contributed by atoms with van der Waals surface area (Å²) in [7, 11) is 0. The van der Waals surface area contributed by atoms with Crippen molar-refractivity contribution in [3.05, 3.63) is 35.7 Å². The summed E-state index contributed by atoms with van der Waals surface area (Å²) in [4.78, 5) is 4.20. The molecule has 1 heterocycles. The summed E-state index contributed by atoms with van der Waals surface area (Å²) in [5.41, 5.74) is 3.79. The third kappa shape index (κ3) is 2.16. The number of rotatable bonds is 1. The highest BCUT2D eigenvalue weighted by molar-refractivity contribution is 6.22. The predicted octanol–water partition coefficient (Wildman–Crippen LogP) is 3.56. The first kappa shape index (κ1) is 9.72. The Bertz CT molecular complexity index is 357. The van der Waals surface area contributed by atoms with Gasteiger partial charge >= 0.3 is 0 Å². The molecule has 74 valence electrons. The zero-order chi connectivity index (χ0) is 9.97. The van der Waals surface area contributed by atoms with Crippen LogP contribution in [0.5, 0.6) is 0 Å². The van der Waals surface area contributed by atoms with Crippen LogP contribution in [-0.2, 0) is 0 Å². The van der Waals surface area contributed by atoms with Crippen LogP contribution in [0.4, 0.5) is 0 Å². The van der Waals surface area contributed by atoms with Gasteiger partial charge in [-0.05, 0) is 49.0 Å². The summed E-state index contributed by atoms with van der Waals surface area (Å²) >= 11 is 6.10. The first-order chi connectivity index (χ1) is 6.75. The standard InChI is InChI=1S/C12H14ClN/c1-9-5-11(8-14-7-9)10-3-2-4-12(13)6-10/h5-8,12H,2-4H2,1H3. The number of hydrogen-bond acceptors (Lipinski definition) is 1. The van der Waals surface area contributed by atoms with Crippen molar-refractivity contribution in [3.8, 4) is 0 Å². The summed E-state index contributed by atoms with van der Waals surface area (Å²) in [6.07, 6.45) is 9.40. The summed E-state index contributed by atoms with van der Waals surface area (Å²) in [5.74, 6) is 0. The number of hydrogen-bond donors (Lipinski definition) is 0. The van der Waals surface area contributed by atoms with Crippen LogP contribution in [0.2, 0.25) is 0 Å². The molecule has 1 aliphatic carbocycles. The molecule has 0 radical (unpaired) electrons. The van der Waals surface area contributed by atoms with Gasteiger partial charge in [-0.3, -0.25) is 4.98 Å². The van der Waals surface area contributed by atoms with E-state index < -0.39 is 0 Å². The molecule has 2 heteroatoms. The first-order valence-corrected chi connectivity index (χ1v) is 5.46. The molecule has 1 aromatic rings. The second-order valence-corrected chi connectivity index (χ2v) is 4.41. The highest BCUT2D eigenvalue weighted by Gasteiger charge is 2.12. The van der Waals surface area contributed by atoms with Crippen molar-refractivity contribution in [2.75, 3.05) is 0 Å². The molecule has 0 aromatic carbocycles. The van der Waals surface area contributed by atoms with Gasteiger partial charge in [0.15, 0.2) is 0 Å².